The van der Waals surface area contributed by atoms with Gasteiger partial charge in [-0.15, -0.1) is 0 Å². The average molecular weight is 619 g/mol. The van der Waals surface area contributed by atoms with E-state index < -0.39 is 62.3 Å². The van der Waals surface area contributed by atoms with Gasteiger partial charge in [-0.3, -0.25) is 19.2 Å². The third-order valence-corrected chi connectivity index (χ3v) is 15.1. The van der Waals surface area contributed by atoms with Crippen molar-refractivity contribution in [3.8, 4) is 0 Å². The van der Waals surface area contributed by atoms with Gasteiger partial charge in [0.05, 0.1) is 10.8 Å². The molecule has 0 aromatic rings. The molecule has 0 spiro atoms. The van der Waals surface area contributed by atoms with E-state index in [4.69, 9.17) is 0 Å². The molecule has 0 aromatic heterocycles. The Kier molecular flexibility index (Phi) is 7.04. The first-order chi connectivity index (χ1) is 20.8. The van der Waals surface area contributed by atoms with Crippen molar-refractivity contribution in [1.82, 2.24) is 0 Å². The molecule has 0 aromatic carbocycles. The predicted molar refractivity (Wildman–Crippen MR) is 173 cm³/mol. The average Bonchev–Trinajstić information content (AvgIpc) is 3.12. The molecule has 0 amide bonds. The van der Waals surface area contributed by atoms with E-state index in [-0.39, 0.29) is 40.8 Å². The molecular weight excluding hydrogens is 564 g/mol. The van der Waals surface area contributed by atoms with Crippen LogP contribution in [-0.2, 0) is 19.2 Å². The molecule has 0 aliphatic heterocycles. The lowest BCUT2D eigenvalue weighted by Gasteiger charge is -2.61. The molecule has 246 valence electrons. The van der Waals surface area contributed by atoms with Gasteiger partial charge in [-0.2, -0.15) is 0 Å². The number of hydrogen-bond donors (Lipinski definition) is 2. The number of aliphatic hydroxyl groups excluding tert-OH is 1. The summed E-state index contributed by atoms with van der Waals surface area (Å²) >= 11 is 0. The van der Waals surface area contributed by atoms with Crippen LogP contribution in [0.25, 0.3) is 0 Å². The number of carboxylic acids is 1. The van der Waals surface area contributed by atoms with Gasteiger partial charge in [-0.25, -0.2) is 0 Å². The molecule has 9 unspecified atom stereocenters. The van der Waals surface area contributed by atoms with Crippen molar-refractivity contribution in [1.29, 1.82) is 0 Å². The van der Waals surface area contributed by atoms with Crippen molar-refractivity contribution < 1.29 is 29.4 Å². The Bertz CT molecular complexity index is 1480. The number of rotatable bonds is 4. The quantitative estimate of drug-likeness (QED) is 0.243. The number of aliphatic hydroxyl groups is 1. The van der Waals surface area contributed by atoms with Gasteiger partial charge in [0, 0.05) is 17.4 Å². The van der Waals surface area contributed by atoms with Crippen molar-refractivity contribution in [2.75, 3.05) is 0 Å². The standard InChI is InChI=1S/C39H54O6/c1-21(2)27-28(40)31(42)38-19-14-23(4)25(39(38,30(27)41)32(43)29-34(5,6)15-10-18-37(29,38)9)20-24-22(3)12-13-26-35(24,7)16-11-17-36(26,8)33(44)45/h14,21,24-26,29,40H,3,10-13,15-20H2,1-2,4-9H3,(H,44,45). The van der Waals surface area contributed by atoms with E-state index in [9.17, 15) is 19.8 Å². The van der Waals surface area contributed by atoms with Gasteiger partial charge in [-0.1, -0.05) is 78.2 Å². The van der Waals surface area contributed by atoms with Crippen molar-refractivity contribution in [3.05, 3.63) is 35.1 Å². The lowest BCUT2D eigenvalue weighted by atomic mass is 9.39. The Hall–Kier alpha value is -2.50. The van der Waals surface area contributed by atoms with E-state index in [1.807, 2.05) is 27.7 Å². The number of Topliss-reactive ketones (excluding diaryl/α,β-unsaturated/α-hetero) is 3. The predicted octanol–water partition coefficient (Wildman–Crippen LogP) is 8.21. The molecule has 0 heterocycles. The van der Waals surface area contributed by atoms with Gasteiger partial charge < -0.3 is 10.2 Å². The van der Waals surface area contributed by atoms with Crippen LogP contribution in [0.4, 0.5) is 0 Å². The van der Waals surface area contributed by atoms with Gasteiger partial charge in [-0.05, 0) is 99.2 Å². The number of carbonyl (C=O) groups excluding carboxylic acids is 3. The summed E-state index contributed by atoms with van der Waals surface area (Å²) < 4.78 is 0. The van der Waals surface area contributed by atoms with Crippen molar-refractivity contribution >= 4 is 23.3 Å². The first kappa shape index (κ1) is 32.4. The van der Waals surface area contributed by atoms with Crippen LogP contribution < -0.4 is 0 Å². The van der Waals surface area contributed by atoms with E-state index in [0.717, 1.165) is 43.3 Å². The molecule has 6 heteroatoms. The van der Waals surface area contributed by atoms with E-state index in [1.54, 1.807) is 0 Å². The molecule has 0 radical (unpaired) electrons. The normalized spacial score (nSPS) is 45.9. The third kappa shape index (κ3) is 3.58. The Morgan fingerprint density at radius 3 is 2.24 bits per heavy atom. The number of allylic oxidation sites excluding steroid dienone is 5. The van der Waals surface area contributed by atoms with Crippen LogP contribution in [0, 0.1) is 62.1 Å². The summed E-state index contributed by atoms with van der Waals surface area (Å²) in [5.74, 6) is -3.65. The van der Waals surface area contributed by atoms with Crippen molar-refractivity contribution in [2.24, 2.45) is 62.1 Å². The molecule has 6 aliphatic rings. The molecule has 9 atom stereocenters. The highest BCUT2D eigenvalue weighted by molar-refractivity contribution is 6.28. The van der Waals surface area contributed by atoms with Crippen LogP contribution in [0.1, 0.15) is 120 Å². The second kappa shape index (κ2) is 9.76. The summed E-state index contributed by atoms with van der Waals surface area (Å²) in [6, 6.07) is 0. The number of carbonyl (C=O) groups is 4. The molecule has 6 rings (SSSR count). The highest BCUT2D eigenvalue weighted by Gasteiger charge is 2.85. The number of fused-ring (bicyclic) bond motifs is 2. The molecule has 2 N–H and O–H groups in total. The minimum Gasteiger partial charge on any atom is -0.504 e. The molecule has 0 saturated heterocycles. The minimum atomic E-state index is -1.61. The molecule has 6 aliphatic carbocycles. The zero-order valence-electron chi connectivity index (χ0n) is 28.8. The van der Waals surface area contributed by atoms with Crippen molar-refractivity contribution in [2.45, 2.75) is 120 Å². The summed E-state index contributed by atoms with van der Waals surface area (Å²) in [6.45, 7) is 20.7. The maximum absolute atomic E-state index is 15.6. The number of aliphatic carboxylic acids is 1. The topological polar surface area (TPSA) is 109 Å². The third-order valence-electron chi connectivity index (χ3n) is 15.1. The maximum Gasteiger partial charge on any atom is 0.309 e. The maximum atomic E-state index is 15.6. The second-order valence-electron chi connectivity index (χ2n) is 17.7. The van der Waals surface area contributed by atoms with Crippen LogP contribution >= 0.6 is 0 Å². The van der Waals surface area contributed by atoms with Gasteiger partial charge in [0.2, 0.25) is 5.78 Å². The summed E-state index contributed by atoms with van der Waals surface area (Å²) in [7, 11) is 0. The number of ketones is 3. The summed E-state index contributed by atoms with van der Waals surface area (Å²) in [5, 5.41) is 22.1. The van der Waals surface area contributed by atoms with Crippen LogP contribution in [0.15, 0.2) is 35.1 Å². The molecule has 45 heavy (non-hydrogen) atoms. The molecule has 0 bridgehead atoms. The molecule has 4 fully saturated rings. The Morgan fingerprint density at radius 1 is 0.978 bits per heavy atom. The largest absolute Gasteiger partial charge is 0.504 e. The van der Waals surface area contributed by atoms with Crippen LogP contribution in [0.3, 0.4) is 0 Å². The van der Waals surface area contributed by atoms with Gasteiger partial charge in [0.25, 0.3) is 0 Å². The lowest BCUT2D eigenvalue weighted by molar-refractivity contribution is -0.171. The smallest absolute Gasteiger partial charge is 0.309 e. The SMILES string of the molecule is C=C1CCC2C(C)(C(=O)O)CCCC2(C)C1CC1C(C)=CCC23C(=O)C(O)=C(C(C)C)C(=O)C12C(=O)C1C(C)(C)CCCC13C. The van der Waals surface area contributed by atoms with Gasteiger partial charge in [0.1, 0.15) is 5.41 Å². The number of hydrogen-bond acceptors (Lipinski definition) is 5. The molecule has 4 saturated carbocycles. The summed E-state index contributed by atoms with van der Waals surface area (Å²) in [6.07, 6.45) is 8.98. The minimum absolute atomic E-state index is 0.0564. The fourth-order valence-electron chi connectivity index (χ4n) is 13.1. The van der Waals surface area contributed by atoms with Crippen LogP contribution in [0.5, 0.6) is 0 Å². The van der Waals surface area contributed by atoms with Gasteiger partial charge >= 0.3 is 5.97 Å². The Balaban J connectivity index is 1.61. The molecular formula is C39H54O6. The monoisotopic (exact) mass is 618 g/mol. The lowest BCUT2D eigenvalue weighted by Crippen LogP contribution is -2.66. The summed E-state index contributed by atoms with van der Waals surface area (Å²) in [4.78, 5) is 58.7. The van der Waals surface area contributed by atoms with Crippen LogP contribution in [-0.4, -0.2) is 33.5 Å². The fourth-order valence-corrected chi connectivity index (χ4v) is 13.1. The fraction of sp³-hybridized carbons (Fsp3) is 0.744. The van der Waals surface area contributed by atoms with E-state index in [0.29, 0.717) is 25.7 Å². The number of carboxylic acid groups (broad SMARTS) is 1. The van der Waals surface area contributed by atoms with Gasteiger partial charge in [0.15, 0.2) is 17.3 Å². The second-order valence-corrected chi connectivity index (χ2v) is 17.7. The summed E-state index contributed by atoms with van der Waals surface area (Å²) in [5.41, 5.74) is -3.25. The van der Waals surface area contributed by atoms with Crippen molar-refractivity contribution in [3.63, 3.8) is 0 Å². The zero-order chi connectivity index (χ0) is 33.3. The molecule has 6 nitrogen and oxygen atoms in total. The highest BCUT2D eigenvalue weighted by Crippen LogP contribution is 2.79. The van der Waals surface area contributed by atoms with E-state index >= 15 is 9.59 Å². The Labute approximate surface area is 269 Å². The first-order valence-electron chi connectivity index (χ1n) is 17.5. The highest BCUT2D eigenvalue weighted by atomic mass is 16.4. The van der Waals surface area contributed by atoms with Crippen LogP contribution in [0.2, 0.25) is 0 Å². The first-order valence-corrected chi connectivity index (χ1v) is 17.5. The van der Waals surface area contributed by atoms with E-state index in [1.165, 1.54) is 0 Å². The van der Waals surface area contributed by atoms with E-state index in [2.05, 4.69) is 40.3 Å². The Morgan fingerprint density at radius 2 is 1.62 bits per heavy atom. The zero-order valence-corrected chi connectivity index (χ0v) is 28.8.